The fraction of sp³-hybridized carbons (Fsp3) is 0.158. The first-order valence-electron chi connectivity index (χ1n) is 7.98. The largest absolute Gasteiger partial charge is 0.493 e. The summed E-state index contributed by atoms with van der Waals surface area (Å²) in [5, 5.41) is 3.27. The molecule has 0 radical (unpaired) electrons. The number of benzene rings is 2. The van der Waals surface area contributed by atoms with Crippen LogP contribution in [0.2, 0.25) is 5.02 Å². The predicted octanol–water partition coefficient (Wildman–Crippen LogP) is 4.46. The number of anilines is 1. The van der Waals surface area contributed by atoms with Crippen LogP contribution < -0.4 is 14.8 Å². The molecule has 0 unspecified atom stereocenters. The van der Waals surface area contributed by atoms with Crippen molar-refractivity contribution in [1.82, 2.24) is 4.90 Å². The normalized spacial score (nSPS) is 15.4. The zero-order valence-corrected chi connectivity index (χ0v) is 16.3. The summed E-state index contributed by atoms with van der Waals surface area (Å²) in [7, 11) is 3.09. The number of hydrogen-bond acceptors (Lipinski definition) is 6. The lowest BCUT2D eigenvalue weighted by molar-refractivity contribution is -0.122. The van der Waals surface area contributed by atoms with Crippen molar-refractivity contribution in [2.24, 2.45) is 0 Å². The summed E-state index contributed by atoms with van der Waals surface area (Å²) in [6.45, 7) is 0.0638. The first-order valence-corrected chi connectivity index (χ1v) is 9.18. The average Bonchev–Trinajstić information content (AvgIpc) is 2.93. The fourth-order valence-corrected chi connectivity index (χ4v) is 3.53. The summed E-state index contributed by atoms with van der Waals surface area (Å²) >= 11 is 6.84. The zero-order chi connectivity index (χ0) is 19.4. The molecule has 2 amide bonds. The highest BCUT2D eigenvalue weighted by molar-refractivity contribution is 8.18. The van der Waals surface area contributed by atoms with Crippen LogP contribution in [0.3, 0.4) is 0 Å². The number of halogens is 1. The number of nitrogens with one attached hydrogen (secondary N) is 1. The van der Waals surface area contributed by atoms with Crippen molar-refractivity contribution >= 4 is 46.3 Å². The molecule has 0 bridgehead atoms. The Morgan fingerprint density at radius 2 is 1.89 bits per heavy atom. The number of thioether (sulfide) groups is 1. The van der Waals surface area contributed by atoms with E-state index < -0.39 is 0 Å². The highest BCUT2D eigenvalue weighted by Crippen LogP contribution is 2.34. The molecule has 1 N–H and O–H groups in total. The number of amides is 2. The van der Waals surface area contributed by atoms with E-state index in [2.05, 4.69) is 5.32 Å². The molecule has 0 spiro atoms. The first-order chi connectivity index (χ1) is 13.0. The molecule has 6 nitrogen and oxygen atoms in total. The molecule has 0 aromatic heterocycles. The summed E-state index contributed by atoms with van der Waals surface area (Å²) in [6.07, 6.45) is 1.66. The van der Waals surface area contributed by atoms with Gasteiger partial charge in [-0.05, 0) is 53.7 Å². The molecule has 1 aliphatic rings. The van der Waals surface area contributed by atoms with Crippen LogP contribution in [0, 0.1) is 0 Å². The molecular formula is C19H17ClN2O4S. The molecule has 1 aliphatic heterocycles. The van der Waals surface area contributed by atoms with Gasteiger partial charge in [0.15, 0.2) is 11.5 Å². The van der Waals surface area contributed by atoms with E-state index in [4.69, 9.17) is 21.1 Å². The Labute approximate surface area is 166 Å². The summed E-state index contributed by atoms with van der Waals surface area (Å²) < 4.78 is 10.5. The predicted molar refractivity (Wildman–Crippen MR) is 107 cm³/mol. The van der Waals surface area contributed by atoms with Crippen LogP contribution in [-0.2, 0) is 4.79 Å². The molecular weight excluding hydrogens is 388 g/mol. The van der Waals surface area contributed by atoms with Crippen molar-refractivity contribution in [3.8, 4) is 11.5 Å². The molecule has 0 aliphatic carbocycles. The van der Waals surface area contributed by atoms with E-state index in [0.717, 1.165) is 27.9 Å². The van der Waals surface area contributed by atoms with E-state index in [9.17, 15) is 9.59 Å². The Hall–Kier alpha value is -2.64. The fourth-order valence-electron chi connectivity index (χ4n) is 2.50. The second kappa shape index (κ2) is 8.37. The Bertz CT molecular complexity index is 916. The average molecular weight is 405 g/mol. The van der Waals surface area contributed by atoms with Crippen LogP contribution in [0.5, 0.6) is 11.5 Å². The van der Waals surface area contributed by atoms with Gasteiger partial charge < -0.3 is 14.8 Å². The van der Waals surface area contributed by atoms with Gasteiger partial charge in [-0.25, -0.2) is 0 Å². The second-order valence-corrected chi connectivity index (χ2v) is 7.00. The van der Waals surface area contributed by atoms with Gasteiger partial charge in [0.1, 0.15) is 0 Å². The third-order valence-electron chi connectivity index (χ3n) is 3.84. The molecule has 8 heteroatoms. The van der Waals surface area contributed by atoms with Crippen molar-refractivity contribution in [3.63, 3.8) is 0 Å². The highest BCUT2D eigenvalue weighted by Gasteiger charge is 2.34. The molecule has 1 fully saturated rings. The van der Waals surface area contributed by atoms with Crippen LogP contribution in [0.4, 0.5) is 10.5 Å². The molecule has 1 saturated heterocycles. The van der Waals surface area contributed by atoms with Crippen LogP contribution in [0.25, 0.3) is 6.08 Å². The number of hydrogen-bond donors (Lipinski definition) is 1. The minimum atomic E-state index is -0.352. The van der Waals surface area contributed by atoms with Gasteiger partial charge in [-0.3, -0.25) is 14.5 Å². The minimum absolute atomic E-state index is 0.0638. The minimum Gasteiger partial charge on any atom is -0.493 e. The monoisotopic (exact) mass is 404 g/mol. The SMILES string of the molecule is COc1ccc(/C=C2\SC(=O)N(CNc3cccc(Cl)c3)C2=O)cc1OC. The number of imide groups is 1. The number of methoxy groups -OCH3 is 2. The van der Waals surface area contributed by atoms with Gasteiger partial charge in [0.25, 0.3) is 11.1 Å². The Kier molecular flexibility index (Phi) is 5.93. The quantitative estimate of drug-likeness (QED) is 0.717. The van der Waals surface area contributed by atoms with E-state index >= 15 is 0 Å². The Morgan fingerprint density at radius 1 is 1.11 bits per heavy atom. The van der Waals surface area contributed by atoms with Crippen LogP contribution in [0.1, 0.15) is 5.56 Å². The van der Waals surface area contributed by atoms with Gasteiger partial charge in [0.2, 0.25) is 0 Å². The third-order valence-corrected chi connectivity index (χ3v) is 4.99. The third kappa shape index (κ3) is 4.37. The van der Waals surface area contributed by atoms with Crippen molar-refractivity contribution in [1.29, 1.82) is 0 Å². The first kappa shape index (κ1) is 19.1. The lowest BCUT2D eigenvalue weighted by atomic mass is 10.2. The van der Waals surface area contributed by atoms with Crippen molar-refractivity contribution in [2.45, 2.75) is 0 Å². The molecule has 140 valence electrons. The molecule has 3 rings (SSSR count). The molecule has 2 aromatic carbocycles. The smallest absolute Gasteiger partial charge is 0.295 e. The van der Waals surface area contributed by atoms with Crippen molar-refractivity contribution in [2.75, 3.05) is 26.2 Å². The molecule has 2 aromatic rings. The lowest BCUT2D eigenvalue weighted by Crippen LogP contribution is -2.33. The number of ether oxygens (including phenoxy) is 2. The van der Waals surface area contributed by atoms with Gasteiger partial charge in [0.05, 0.1) is 25.8 Å². The number of carbonyl (C=O) groups excluding carboxylic acids is 2. The number of carbonyl (C=O) groups is 2. The van der Waals surface area contributed by atoms with Crippen molar-refractivity contribution in [3.05, 3.63) is 58.0 Å². The molecule has 0 saturated carbocycles. The maximum atomic E-state index is 12.6. The van der Waals surface area contributed by atoms with Crippen LogP contribution in [0.15, 0.2) is 47.4 Å². The molecule has 27 heavy (non-hydrogen) atoms. The van der Waals surface area contributed by atoms with E-state index in [0.29, 0.717) is 21.4 Å². The summed E-state index contributed by atoms with van der Waals surface area (Å²) in [6, 6.07) is 12.4. The van der Waals surface area contributed by atoms with E-state index in [1.54, 1.807) is 49.6 Å². The van der Waals surface area contributed by atoms with E-state index in [-0.39, 0.29) is 17.8 Å². The van der Waals surface area contributed by atoms with Crippen LogP contribution >= 0.6 is 23.4 Å². The lowest BCUT2D eigenvalue weighted by Gasteiger charge is -2.14. The van der Waals surface area contributed by atoms with Gasteiger partial charge in [-0.15, -0.1) is 0 Å². The van der Waals surface area contributed by atoms with Gasteiger partial charge in [-0.2, -0.15) is 0 Å². The van der Waals surface area contributed by atoms with E-state index in [1.807, 2.05) is 6.07 Å². The number of rotatable bonds is 6. The number of nitrogens with zero attached hydrogens (tertiary/aromatic N) is 1. The Balaban J connectivity index is 1.74. The maximum Gasteiger partial charge on any atom is 0.295 e. The van der Waals surface area contributed by atoms with E-state index in [1.165, 1.54) is 7.11 Å². The van der Waals surface area contributed by atoms with Gasteiger partial charge in [-0.1, -0.05) is 23.7 Å². The summed E-state index contributed by atoms with van der Waals surface area (Å²) in [5.74, 6) is 0.788. The molecule has 0 atom stereocenters. The van der Waals surface area contributed by atoms with Crippen molar-refractivity contribution < 1.29 is 19.1 Å². The second-order valence-electron chi connectivity index (χ2n) is 5.57. The summed E-state index contributed by atoms with van der Waals surface area (Å²) in [5.41, 5.74) is 1.46. The van der Waals surface area contributed by atoms with Gasteiger partial charge >= 0.3 is 0 Å². The summed E-state index contributed by atoms with van der Waals surface area (Å²) in [4.78, 5) is 26.3. The molecule has 1 heterocycles. The highest BCUT2D eigenvalue weighted by atomic mass is 35.5. The maximum absolute atomic E-state index is 12.6. The standard InChI is InChI=1S/C19H17ClN2O4S/c1-25-15-7-6-12(8-16(15)26-2)9-17-18(23)22(19(24)27-17)11-21-14-5-3-4-13(20)10-14/h3-10,21H,11H2,1-2H3/b17-9-. The topological polar surface area (TPSA) is 67.9 Å². The zero-order valence-electron chi connectivity index (χ0n) is 14.7. The van der Waals surface area contributed by atoms with Gasteiger partial charge in [0, 0.05) is 10.7 Å². The van der Waals surface area contributed by atoms with Crippen LogP contribution in [-0.4, -0.2) is 36.9 Å². The Morgan fingerprint density at radius 3 is 2.59 bits per heavy atom.